The van der Waals surface area contributed by atoms with Gasteiger partial charge in [0.1, 0.15) is 5.82 Å². The summed E-state index contributed by atoms with van der Waals surface area (Å²) in [5.74, 6) is -0.415. The quantitative estimate of drug-likeness (QED) is 0.492. The lowest BCUT2D eigenvalue weighted by Crippen LogP contribution is -2.34. The number of benzene rings is 1. The van der Waals surface area contributed by atoms with E-state index < -0.39 is 0 Å². The van der Waals surface area contributed by atoms with Gasteiger partial charge in [0.05, 0.1) is 12.6 Å². The summed E-state index contributed by atoms with van der Waals surface area (Å²) in [4.78, 5) is 19.3. The molecule has 0 aliphatic rings. The first-order valence-corrected chi connectivity index (χ1v) is 9.85. The second-order valence-corrected chi connectivity index (χ2v) is 7.12. The van der Waals surface area contributed by atoms with Gasteiger partial charge in [0.15, 0.2) is 0 Å². The highest BCUT2D eigenvalue weighted by atomic mass is 19.1. The van der Waals surface area contributed by atoms with Crippen molar-refractivity contribution in [2.45, 2.75) is 53.5 Å². The van der Waals surface area contributed by atoms with Gasteiger partial charge in [0.2, 0.25) is 0 Å². The first kappa shape index (κ1) is 23.1. The summed E-state index contributed by atoms with van der Waals surface area (Å²) in [7, 11) is 0. The zero-order valence-electron chi connectivity index (χ0n) is 17.3. The summed E-state index contributed by atoms with van der Waals surface area (Å²) in [6.07, 6.45) is 1.95. The van der Waals surface area contributed by atoms with Gasteiger partial charge in [-0.25, -0.2) is 9.38 Å². The molecule has 27 heavy (non-hydrogen) atoms. The van der Waals surface area contributed by atoms with Gasteiger partial charge in [0.25, 0.3) is 11.9 Å². The maximum absolute atomic E-state index is 13.0. The summed E-state index contributed by atoms with van der Waals surface area (Å²) in [5, 5.41) is 2.72. The Morgan fingerprint density at radius 1 is 1.19 bits per heavy atom. The molecule has 0 unspecified atom stereocenters. The fourth-order valence-corrected chi connectivity index (χ4v) is 2.54. The topological polar surface area (TPSA) is 53.9 Å². The van der Waals surface area contributed by atoms with Gasteiger partial charge >= 0.3 is 0 Å². The summed E-state index contributed by atoms with van der Waals surface area (Å²) in [6, 6.07) is 5.67. The normalized spacial score (nSPS) is 13.1. The van der Waals surface area contributed by atoms with E-state index in [1.165, 1.54) is 24.3 Å². The minimum atomic E-state index is -0.377. The third kappa shape index (κ3) is 9.52. The van der Waals surface area contributed by atoms with E-state index in [2.05, 4.69) is 29.1 Å². The minimum Gasteiger partial charge on any atom is -0.465 e. The van der Waals surface area contributed by atoms with Crippen molar-refractivity contribution in [3.63, 3.8) is 0 Å². The summed E-state index contributed by atoms with van der Waals surface area (Å²) in [6.45, 7) is 14.0. The maximum atomic E-state index is 13.0. The number of aliphatic imine (C=N–C) groups is 1. The highest BCUT2D eigenvalue weighted by Crippen LogP contribution is 2.06. The number of ether oxygens (including phenoxy) is 1. The Hall–Kier alpha value is -1.95. The zero-order valence-corrected chi connectivity index (χ0v) is 17.3. The Labute approximate surface area is 163 Å². The van der Waals surface area contributed by atoms with E-state index >= 15 is 0 Å². The van der Waals surface area contributed by atoms with E-state index in [0.717, 1.165) is 32.5 Å². The SMILES string of the molecule is CCN(CC)CCC[C@@H](C)N=C(NC(=O)c1ccc(F)cc1)OCC(C)C. The van der Waals surface area contributed by atoms with Crippen molar-refractivity contribution in [1.82, 2.24) is 10.2 Å². The second-order valence-electron chi connectivity index (χ2n) is 7.12. The summed E-state index contributed by atoms with van der Waals surface area (Å²) >= 11 is 0. The average molecular weight is 380 g/mol. The number of amides is 1. The molecule has 1 atom stereocenters. The summed E-state index contributed by atoms with van der Waals surface area (Å²) < 4.78 is 18.7. The zero-order chi connectivity index (χ0) is 20.2. The van der Waals surface area contributed by atoms with Gasteiger partial charge < -0.3 is 9.64 Å². The Morgan fingerprint density at radius 3 is 2.37 bits per heavy atom. The Balaban J connectivity index is 2.69. The van der Waals surface area contributed by atoms with Gasteiger partial charge in [-0.2, -0.15) is 0 Å². The molecule has 1 aromatic carbocycles. The van der Waals surface area contributed by atoms with Crippen LogP contribution in [0, 0.1) is 11.7 Å². The van der Waals surface area contributed by atoms with Gasteiger partial charge in [-0.05, 0) is 69.6 Å². The van der Waals surface area contributed by atoms with E-state index in [0.29, 0.717) is 18.1 Å². The molecule has 0 aliphatic heterocycles. The Bertz CT molecular complexity index is 584. The van der Waals surface area contributed by atoms with Crippen LogP contribution in [0.15, 0.2) is 29.3 Å². The van der Waals surface area contributed by atoms with E-state index in [-0.39, 0.29) is 23.8 Å². The lowest BCUT2D eigenvalue weighted by Gasteiger charge is -2.19. The summed E-state index contributed by atoms with van der Waals surface area (Å²) in [5.41, 5.74) is 0.367. The van der Waals surface area contributed by atoms with Crippen LogP contribution in [-0.2, 0) is 4.74 Å². The molecule has 5 nitrogen and oxygen atoms in total. The molecular weight excluding hydrogens is 345 g/mol. The van der Waals surface area contributed by atoms with Crippen LogP contribution < -0.4 is 5.32 Å². The molecule has 1 rings (SSSR count). The third-order valence-electron chi connectivity index (χ3n) is 4.21. The molecule has 1 amide bonds. The van der Waals surface area contributed by atoms with Crippen LogP contribution >= 0.6 is 0 Å². The molecule has 1 aromatic rings. The molecule has 0 fully saturated rings. The molecule has 1 N–H and O–H groups in total. The van der Waals surface area contributed by atoms with Crippen LogP contribution in [0.5, 0.6) is 0 Å². The van der Waals surface area contributed by atoms with Crippen LogP contribution in [0.2, 0.25) is 0 Å². The molecule has 0 aliphatic carbocycles. The Morgan fingerprint density at radius 2 is 1.81 bits per heavy atom. The van der Waals surface area contributed by atoms with Crippen LogP contribution in [0.4, 0.5) is 4.39 Å². The first-order valence-electron chi connectivity index (χ1n) is 9.85. The maximum Gasteiger partial charge on any atom is 0.291 e. The second kappa shape index (κ2) is 12.4. The number of nitrogens with zero attached hydrogens (tertiary/aromatic N) is 2. The van der Waals surface area contributed by atoms with Crippen LogP contribution in [0.3, 0.4) is 0 Å². The standard InChI is InChI=1S/C21H34FN3O2/c1-6-25(7-2)14-8-9-17(5)23-21(27-15-16(3)4)24-20(26)18-10-12-19(22)13-11-18/h10-13,16-17H,6-9,14-15H2,1-5H3,(H,23,24,26)/t17-/m1/s1. The average Bonchev–Trinajstić information content (AvgIpc) is 2.63. The number of amidine groups is 1. The highest BCUT2D eigenvalue weighted by molar-refractivity contribution is 6.04. The van der Waals surface area contributed by atoms with Crippen LogP contribution in [0.25, 0.3) is 0 Å². The van der Waals surface area contributed by atoms with Crippen molar-refractivity contribution in [3.8, 4) is 0 Å². The molecular formula is C21H34FN3O2. The predicted molar refractivity (Wildman–Crippen MR) is 109 cm³/mol. The van der Waals surface area contributed by atoms with Gasteiger partial charge in [-0.1, -0.05) is 27.7 Å². The first-order chi connectivity index (χ1) is 12.8. The molecule has 0 radical (unpaired) electrons. The molecule has 0 aromatic heterocycles. The number of rotatable bonds is 10. The lowest BCUT2D eigenvalue weighted by atomic mass is 10.2. The van der Waals surface area contributed by atoms with Crippen molar-refractivity contribution in [2.24, 2.45) is 10.9 Å². The van der Waals surface area contributed by atoms with E-state index in [1.54, 1.807) is 0 Å². The van der Waals surface area contributed by atoms with Crippen molar-refractivity contribution in [1.29, 1.82) is 0 Å². The number of hydrogen-bond donors (Lipinski definition) is 1. The number of nitrogens with one attached hydrogen (secondary N) is 1. The van der Waals surface area contributed by atoms with Gasteiger partial charge in [-0.15, -0.1) is 0 Å². The van der Waals surface area contributed by atoms with Crippen molar-refractivity contribution in [2.75, 3.05) is 26.2 Å². The highest BCUT2D eigenvalue weighted by Gasteiger charge is 2.13. The van der Waals surface area contributed by atoms with Gasteiger partial charge in [-0.3, -0.25) is 10.1 Å². The minimum absolute atomic E-state index is 0.0382. The van der Waals surface area contributed by atoms with Crippen LogP contribution in [0.1, 0.15) is 57.8 Å². The van der Waals surface area contributed by atoms with Crippen LogP contribution in [-0.4, -0.2) is 49.1 Å². The molecule has 0 saturated heterocycles. The van der Waals surface area contributed by atoms with E-state index in [9.17, 15) is 9.18 Å². The number of carbonyl (C=O) groups excluding carboxylic acids is 1. The molecule has 0 bridgehead atoms. The molecule has 6 heteroatoms. The van der Waals surface area contributed by atoms with Crippen molar-refractivity contribution in [3.05, 3.63) is 35.6 Å². The van der Waals surface area contributed by atoms with Gasteiger partial charge in [0, 0.05) is 5.56 Å². The van der Waals surface area contributed by atoms with E-state index in [1.807, 2.05) is 20.8 Å². The predicted octanol–water partition coefficient (Wildman–Crippen LogP) is 4.09. The Kier molecular flexibility index (Phi) is 10.6. The number of carbonyl (C=O) groups is 1. The largest absolute Gasteiger partial charge is 0.465 e. The monoisotopic (exact) mass is 379 g/mol. The van der Waals surface area contributed by atoms with E-state index in [4.69, 9.17) is 4.74 Å². The fraction of sp³-hybridized carbons (Fsp3) is 0.619. The molecule has 0 spiro atoms. The van der Waals surface area contributed by atoms with Crippen molar-refractivity contribution < 1.29 is 13.9 Å². The molecule has 0 heterocycles. The third-order valence-corrected chi connectivity index (χ3v) is 4.21. The molecule has 152 valence electrons. The lowest BCUT2D eigenvalue weighted by molar-refractivity contribution is 0.0963. The molecule has 0 saturated carbocycles. The fourth-order valence-electron chi connectivity index (χ4n) is 2.54. The smallest absolute Gasteiger partial charge is 0.291 e. The number of halogens is 1. The number of hydrogen-bond acceptors (Lipinski definition) is 4. The van der Waals surface area contributed by atoms with Crippen molar-refractivity contribution >= 4 is 11.9 Å².